The first-order valence-electron chi connectivity index (χ1n) is 9.43. The van der Waals surface area contributed by atoms with Crippen LogP contribution < -0.4 is 0 Å². The van der Waals surface area contributed by atoms with Crippen molar-refractivity contribution < 1.29 is 22.5 Å². The highest BCUT2D eigenvalue weighted by Crippen LogP contribution is 2.30. The first-order chi connectivity index (χ1) is 14.0. The predicted octanol–water partition coefficient (Wildman–Crippen LogP) is 3.82. The van der Waals surface area contributed by atoms with E-state index in [-0.39, 0.29) is 45.9 Å². The summed E-state index contributed by atoms with van der Waals surface area (Å²) in [7, 11) is -3.80. The van der Waals surface area contributed by atoms with Crippen LogP contribution in [0.3, 0.4) is 0 Å². The van der Waals surface area contributed by atoms with E-state index in [0.717, 1.165) is 0 Å². The molecule has 1 saturated heterocycles. The molecule has 0 saturated carbocycles. The largest absolute Gasteiger partial charge is 0.455 e. The molecule has 1 aliphatic heterocycles. The number of esters is 1. The molecule has 164 valence electrons. The quantitative estimate of drug-likeness (QED) is 0.605. The first-order valence-corrected chi connectivity index (χ1v) is 11.6. The lowest BCUT2D eigenvalue weighted by molar-refractivity contribution is -0.152. The minimum absolute atomic E-state index is 0.0382. The van der Waals surface area contributed by atoms with Gasteiger partial charge in [-0.25, -0.2) is 8.42 Å². The maximum Gasteiger partial charge on any atom is 0.309 e. The van der Waals surface area contributed by atoms with Gasteiger partial charge in [-0.15, -0.1) is 0 Å². The van der Waals surface area contributed by atoms with Gasteiger partial charge in [0.2, 0.25) is 10.0 Å². The van der Waals surface area contributed by atoms with Crippen LogP contribution in [0, 0.1) is 5.92 Å². The fraction of sp³-hybridized carbons (Fsp3) is 0.526. The van der Waals surface area contributed by atoms with Gasteiger partial charge in [0, 0.05) is 23.5 Å². The van der Waals surface area contributed by atoms with Crippen molar-refractivity contribution in [2.24, 2.45) is 5.92 Å². The van der Waals surface area contributed by atoms with Gasteiger partial charge in [-0.05, 0) is 31.0 Å². The van der Waals surface area contributed by atoms with Crippen molar-refractivity contribution in [2.45, 2.75) is 50.5 Å². The molecule has 8 nitrogen and oxygen atoms in total. The Labute approximate surface area is 185 Å². The van der Waals surface area contributed by atoms with Gasteiger partial charge in [-0.3, -0.25) is 4.79 Å². The van der Waals surface area contributed by atoms with E-state index >= 15 is 0 Å². The second-order valence-electron chi connectivity index (χ2n) is 8.12. The molecule has 0 unspecified atom stereocenters. The van der Waals surface area contributed by atoms with E-state index in [9.17, 15) is 13.2 Å². The van der Waals surface area contributed by atoms with E-state index in [0.29, 0.717) is 18.7 Å². The van der Waals surface area contributed by atoms with Crippen molar-refractivity contribution in [3.05, 3.63) is 40.0 Å². The summed E-state index contributed by atoms with van der Waals surface area (Å²) in [5, 5.41) is 4.28. The average molecular weight is 476 g/mol. The standard InChI is InChI=1S/C19H23Cl2N3O5S/c1-19(2,3)18-22-16(29-23-18)11-28-17(25)12-6-8-24(9-7-12)30(26,27)15-10-13(20)4-5-14(15)21/h4-5,10,12H,6-9,11H2,1-3H3. The molecular formula is C19H23Cl2N3O5S. The Hall–Kier alpha value is -1.68. The van der Waals surface area contributed by atoms with E-state index in [4.69, 9.17) is 32.5 Å². The number of aromatic nitrogens is 2. The molecule has 0 spiro atoms. The zero-order chi connectivity index (χ0) is 22.1. The van der Waals surface area contributed by atoms with Crippen molar-refractivity contribution >= 4 is 39.2 Å². The fourth-order valence-corrected chi connectivity index (χ4v) is 5.22. The number of sulfonamides is 1. The maximum atomic E-state index is 12.9. The van der Waals surface area contributed by atoms with Crippen LogP contribution in [-0.2, 0) is 31.6 Å². The Kier molecular flexibility index (Phi) is 6.76. The Morgan fingerprint density at radius 2 is 1.93 bits per heavy atom. The highest BCUT2D eigenvalue weighted by molar-refractivity contribution is 7.89. The summed E-state index contributed by atoms with van der Waals surface area (Å²) in [5.41, 5.74) is -0.268. The summed E-state index contributed by atoms with van der Waals surface area (Å²) in [5.74, 6) is -0.0599. The van der Waals surface area contributed by atoms with Crippen LogP contribution in [0.4, 0.5) is 0 Å². The molecule has 2 aromatic rings. The van der Waals surface area contributed by atoms with Crippen LogP contribution in [-0.4, -0.2) is 41.9 Å². The third kappa shape index (κ3) is 5.14. The van der Waals surface area contributed by atoms with E-state index in [1.807, 2.05) is 20.8 Å². The summed E-state index contributed by atoms with van der Waals surface area (Å²) in [6, 6.07) is 4.30. The summed E-state index contributed by atoms with van der Waals surface area (Å²) in [6.45, 7) is 6.10. The zero-order valence-corrected chi connectivity index (χ0v) is 19.2. The third-order valence-electron chi connectivity index (χ3n) is 4.78. The number of hydrogen-bond acceptors (Lipinski definition) is 7. The van der Waals surface area contributed by atoms with Crippen LogP contribution in [0.2, 0.25) is 10.0 Å². The number of piperidine rings is 1. The minimum atomic E-state index is -3.80. The van der Waals surface area contributed by atoms with Gasteiger partial charge in [0.1, 0.15) is 4.90 Å². The lowest BCUT2D eigenvalue weighted by Gasteiger charge is -2.30. The number of nitrogens with zero attached hydrogens (tertiary/aromatic N) is 3. The predicted molar refractivity (Wildman–Crippen MR) is 111 cm³/mol. The maximum absolute atomic E-state index is 12.9. The average Bonchev–Trinajstić information content (AvgIpc) is 3.17. The van der Waals surface area contributed by atoms with E-state index in [1.54, 1.807) is 0 Å². The highest BCUT2D eigenvalue weighted by atomic mass is 35.5. The van der Waals surface area contributed by atoms with Gasteiger partial charge in [-0.1, -0.05) is 49.1 Å². The number of rotatable bonds is 5. The van der Waals surface area contributed by atoms with E-state index in [1.165, 1.54) is 22.5 Å². The van der Waals surface area contributed by atoms with Gasteiger partial charge in [-0.2, -0.15) is 9.29 Å². The van der Waals surface area contributed by atoms with Gasteiger partial charge < -0.3 is 9.26 Å². The van der Waals surface area contributed by atoms with Crippen LogP contribution in [0.15, 0.2) is 27.6 Å². The smallest absolute Gasteiger partial charge is 0.309 e. The second kappa shape index (κ2) is 8.82. The number of halogens is 2. The molecule has 1 aromatic carbocycles. The Balaban J connectivity index is 1.56. The molecule has 30 heavy (non-hydrogen) atoms. The molecule has 1 aromatic heterocycles. The summed E-state index contributed by atoms with van der Waals surface area (Å²) < 4.78 is 37.5. The van der Waals surface area contributed by atoms with Crippen molar-refractivity contribution in [1.82, 2.24) is 14.4 Å². The third-order valence-corrected chi connectivity index (χ3v) is 7.39. The monoisotopic (exact) mass is 475 g/mol. The molecule has 0 atom stereocenters. The van der Waals surface area contributed by atoms with Gasteiger partial charge in [0.05, 0.1) is 10.9 Å². The van der Waals surface area contributed by atoms with E-state index in [2.05, 4.69) is 10.1 Å². The molecule has 0 aliphatic carbocycles. The van der Waals surface area contributed by atoms with E-state index < -0.39 is 21.9 Å². The van der Waals surface area contributed by atoms with Crippen LogP contribution in [0.5, 0.6) is 0 Å². The first kappa shape index (κ1) is 23.0. The number of ether oxygens (including phenoxy) is 1. The SMILES string of the molecule is CC(C)(C)c1noc(COC(=O)C2CCN(S(=O)(=O)c3cc(Cl)ccc3Cl)CC2)n1. The molecule has 11 heteroatoms. The van der Waals surface area contributed by atoms with Crippen LogP contribution in [0.25, 0.3) is 0 Å². The Morgan fingerprint density at radius 3 is 2.53 bits per heavy atom. The fourth-order valence-electron chi connectivity index (χ4n) is 3.01. The molecule has 3 rings (SSSR count). The summed E-state index contributed by atoms with van der Waals surface area (Å²) in [4.78, 5) is 16.6. The molecule has 0 amide bonds. The van der Waals surface area contributed by atoms with Crippen molar-refractivity contribution in [3.63, 3.8) is 0 Å². The molecule has 2 heterocycles. The Bertz CT molecular complexity index is 1030. The zero-order valence-electron chi connectivity index (χ0n) is 16.9. The minimum Gasteiger partial charge on any atom is -0.455 e. The van der Waals surface area contributed by atoms with Crippen molar-refractivity contribution in [2.75, 3.05) is 13.1 Å². The molecular weight excluding hydrogens is 453 g/mol. The molecule has 0 radical (unpaired) electrons. The number of carbonyl (C=O) groups excluding carboxylic acids is 1. The second-order valence-corrected chi connectivity index (χ2v) is 10.9. The summed E-state index contributed by atoms with van der Waals surface area (Å²) in [6.07, 6.45) is 0.681. The lowest BCUT2D eigenvalue weighted by Crippen LogP contribution is -2.40. The normalized spacial score (nSPS) is 16.6. The lowest BCUT2D eigenvalue weighted by atomic mass is 9.96. The van der Waals surface area contributed by atoms with Crippen LogP contribution >= 0.6 is 23.2 Å². The van der Waals surface area contributed by atoms with Crippen LogP contribution in [0.1, 0.15) is 45.3 Å². The number of benzene rings is 1. The number of carbonyl (C=O) groups is 1. The Morgan fingerprint density at radius 1 is 1.27 bits per heavy atom. The van der Waals surface area contributed by atoms with Crippen molar-refractivity contribution in [1.29, 1.82) is 0 Å². The van der Waals surface area contributed by atoms with Crippen molar-refractivity contribution in [3.8, 4) is 0 Å². The van der Waals surface area contributed by atoms with Gasteiger partial charge in [0.15, 0.2) is 12.4 Å². The molecule has 0 N–H and O–H groups in total. The van der Waals surface area contributed by atoms with Gasteiger partial charge in [0.25, 0.3) is 5.89 Å². The molecule has 0 bridgehead atoms. The molecule has 1 fully saturated rings. The van der Waals surface area contributed by atoms with Gasteiger partial charge >= 0.3 is 5.97 Å². The highest BCUT2D eigenvalue weighted by Gasteiger charge is 2.34. The molecule has 1 aliphatic rings. The topological polar surface area (TPSA) is 103 Å². The number of hydrogen-bond donors (Lipinski definition) is 0. The summed E-state index contributed by atoms with van der Waals surface area (Å²) >= 11 is 12.0.